The Bertz CT molecular complexity index is 142. The number of amides is 2. The van der Waals surface area contributed by atoms with E-state index in [1.807, 2.05) is 0 Å². The van der Waals surface area contributed by atoms with Gasteiger partial charge in [0.2, 0.25) is 11.8 Å². The molecule has 0 aromatic carbocycles. The third kappa shape index (κ3) is 7.35. The van der Waals surface area contributed by atoms with Crippen molar-refractivity contribution in [1.29, 1.82) is 0 Å². The van der Waals surface area contributed by atoms with E-state index in [1.54, 1.807) is 0 Å². The lowest BCUT2D eigenvalue weighted by atomic mass is 10.4. The molecule has 1 aliphatic rings. The molecular weight excluding hydrogens is 173 g/mol. The van der Waals surface area contributed by atoms with Crippen LogP contribution in [-0.2, 0) is 9.59 Å². The molecule has 0 radical (unpaired) electrons. The Hall–Kier alpha value is -0.550. The molecule has 1 aliphatic heterocycles. The zero-order valence-corrected chi connectivity index (χ0v) is 6.41. The molecule has 1 fully saturated rings. The van der Waals surface area contributed by atoms with Crippen LogP contribution in [0.4, 0.5) is 0 Å². The van der Waals surface area contributed by atoms with Crippen molar-refractivity contribution >= 4 is 20.4 Å². The SMILES string of the molecule is O=C1CCC(=O)N1.OP(O)O. The standard InChI is InChI=1S/C4H5NO2.H3O3P/c6-3-1-2-4(7)5-3;1-4(2)3/h1-2H2,(H,5,6,7);1-3H. The van der Waals surface area contributed by atoms with Crippen LogP contribution in [0.5, 0.6) is 0 Å². The average Bonchev–Trinajstić information content (AvgIpc) is 2.13. The minimum atomic E-state index is -2.62. The molecule has 0 aromatic heterocycles. The second-order valence-corrected chi connectivity index (χ2v) is 2.28. The van der Waals surface area contributed by atoms with Gasteiger partial charge < -0.3 is 14.7 Å². The zero-order chi connectivity index (χ0) is 8.85. The van der Waals surface area contributed by atoms with Crippen LogP contribution < -0.4 is 5.32 Å². The minimum Gasteiger partial charge on any atom is -0.328 e. The summed E-state index contributed by atoms with van der Waals surface area (Å²) in [6, 6.07) is 0. The van der Waals surface area contributed by atoms with Gasteiger partial charge >= 0.3 is 8.60 Å². The molecule has 1 rings (SSSR count). The van der Waals surface area contributed by atoms with Crippen molar-refractivity contribution in [3.63, 3.8) is 0 Å². The molecule has 1 saturated heterocycles. The van der Waals surface area contributed by atoms with Gasteiger partial charge in [-0.3, -0.25) is 14.9 Å². The number of carbonyl (C=O) groups excluding carboxylic acids is 2. The molecule has 0 bridgehead atoms. The van der Waals surface area contributed by atoms with Crippen LogP contribution in [0.1, 0.15) is 12.8 Å². The van der Waals surface area contributed by atoms with Gasteiger partial charge in [-0.05, 0) is 0 Å². The second kappa shape index (κ2) is 5.15. The van der Waals surface area contributed by atoms with Gasteiger partial charge in [0.15, 0.2) is 0 Å². The normalized spacial score (nSPS) is 16.0. The molecule has 4 N–H and O–H groups in total. The first kappa shape index (κ1) is 10.4. The first-order valence-electron chi connectivity index (χ1n) is 2.72. The summed E-state index contributed by atoms with van der Waals surface area (Å²) in [5, 5.41) is 2.14. The predicted molar refractivity (Wildman–Crippen MR) is 36.0 cm³/mol. The van der Waals surface area contributed by atoms with Crippen molar-refractivity contribution in [3.05, 3.63) is 0 Å². The molecule has 2 amide bonds. The van der Waals surface area contributed by atoms with Crippen LogP contribution in [0.2, 0.25) is 0 Å². The highest BCUT2D eigenvalue weighted by Gasteiger charge is 2.15. The lowest BCUT2D eigenvalue weighted by molar-refractivity contribution is -0.124. The maximum atomic E-state index is 10.1. The average molecular weight is 181 g/mol. The smallest absolute Gasteiger partial charge is 0.324 e. The van der Waals surface area contributed by atoms with E-state index < -0.39 is 8.60 Å². The summed E-state index contributed by atoms with van der Waals surface area (Å²) in [6.07, 6.45) is 0.748. The minimum absolute atomic E-state index is 0.148. The summed E-state index contributed by atoms with van der Waals surface area (Å²) in [4.78, 5) is 41.9. The van der Waals surface area contributed by atoms with E-state index in [9.17, 15) is 9.59 Å². The molecule has 0 aromatic rings. The van der Waals surface area contributed by atoms with Crippen molar-refractivity contribution in [2.45, 2.75) is 12.8 Å². The van der Waals surface area contributed by atoms with E-state index in [0.29, 0.717) is 12.8 Å². The highest BCUT2D eigenvalue weighted by atomic mass is 31.2. The fourth-order valence-corrected chi connectivity index (χ4v) is 0.508. The predicted octanol–water partition coefficient (Wildman–Crippen LogP) is -1.39. The van der Waals surface area contributed by atoms with Crippen LogP contribution in [0.3, 0.4) is 0 Å². The lowest BCUT2D eigenvalue weighted by Crippen LogP contribution is -2.18. The van der Waals surface area contributed by atoms with Crippen molar-refractivity contribution in [2.24, 2.45) is 0 Å². The van der Waals surface area contributed by atoms with E-state index in [1.165, 1.54) is 0 Å². The fraction of sp³-hybridized carbons (Fsp3) is 0.500. The van der Waals surface area contributed by atoms with Gasteiger partial charge in [0.05, 0.1) is 0 Å². The summed E-state index contributed by atoms with van der Waals surface area (Å²) in [5.41, 5.74) is 0. The topological polar surface area (TPSA) is 107 Å². The molecule has 0 aliphatic carbocycles. The maximum Gasteiger partial charge on any atom is 0.324 e. The number of imide groups is 1. The van der Waals surface area contributed by atoms with E-state index in [0.717, 1.165) is 0 Å². The molecule has 0 atom stereocenters. The van der Waals surface area contributed by atoms with Gasteiger partial charge in [-0.2, -0.15) is 0 Å². The third-order valence-corrected chi connectivity index (χ3v) is 0.858. The summed E-state index contributed by atoms with van der Waals surface area (Å²) in [7, 11) is -2.62. The number of hydrogen-bond acceptors (Lipinski definition) is 5. The number of hydrogen-bond donors (Lipinski definition) is 4. The van der Waals surface area contributed by atoms with Crippen molar-refractivity contribution in [3.8, 4) is 0 Å². The van der Waals surface area contributed by atoms with Crippen LogP contribution >= 0.6 is 8.60 Å². The van der Waals surface area contributed by atoms with Crippen LogP contribution in [0.25, 0.3) is 0 Å². The molecule has 6 nitrogen and oxygen atoms in total. The fourth-order valence-electron chi connectivity index (χ4n) is 0.508. The Kier molecular flexibility index (Phi) is 4.89. The molecular formula is C4H8NO5P. The van der Waals surface area contributed by atoms with E-state index >= 15 is 0 Å². The van der Waals surface area contributed by atoms with Crippen molar-refractivity contribution in [2.75, 3.05) is 0 Å². The molecule has 64 valence electrons. The first-order chi connectivity index (χ1) is 5.02. The summed E-state index contributed by atoms with van der Waals surface area (Å²) >= 11 is 0. The molecule has 1 heterocycles. The monoisotopic (exact) mass is 181 g/mol. The summed E-state index contributed by atoms with van der Waals surface area (Å²) < 4.78 is 0. The van der Waals surface area contributed by atoms with Gasteiger partial charge in [0.1, 0.15) is 0 Å². The van der Waals surface area contributed by atoms with Gasteiger partial charge in [-0.15, -0.1) is 0 Å². The van der Waals surface area contributed by atoms with Gasteiger partial charge in [-0.1, -0.05) is 0 Å². The van der Waals surface area contributed by atoms with Crippen molar-refractivity contribution in [1.82, 2.24) is 5.32 Å². The first-order valence-corrected chi connectivity index (χ1v) is 3.92. The van der Waals surface area contributed by atoms with Crippen LogP contribution in [-0.4, -0.2) is 26.5 Å². The highest BCUT2D eigenvalue weighted by molar-refractivity contribution is 7.38. The van der Waals surface area contributed by atoms with Crippen LogP contribution in [0.15, 0.2) is 0 Å². The quantitative estimate of drug-likeness (QED) is 0.272. The zero-order valence-electron chi connectivity index (χ0n) is 5.52. The second-order valence-electron chi connectivity index (χ2n) is 1.74. The van der Waals surface area contributed by atoms with E-state index in [2.05, 4.69) is 5.32 Å². The number of nitrogens with one attached hydrogen (secondary N) is 1. The highest BCUT2D eigenvalue weighted by Crippen LogP contribution is 2.11. The molecule has 0 unspecified atom stereocenters. The van der Waals surface area contributed by atoms with E-state index in [-0.39, 0.29) is 11.8 Å². The van der Waals surface area contributed by atoms with Gasteiger partial charge in [-0.25, -0.2) is 0 Å². The number of rotatable bonds is 0. The Balaban J connectivity index is 0.000000218. The Morgan fingerprint density at radius 1 is 1.09 bits per heavy atom. The largest absolute Gasteiger partial charge is 0.328 e. The van der Waals surface area contributed by atoms with E-state index in [4.69, 9.17) is 14.7 Å². The Labute approximate surface area is 63.8 Å². The molecule has 0 saturated carbocycles. The molecule has 11 heavy (non-hydrogen) atoms. The summed E-state index contributed by atoms with van der Waals surface area (Å²) in [6.45, 7) is 0. The van der Waals surface area contributed by atoms with Crippen molar-refractivity contribution < 1.29 is 24.3 Å². The van der Waals surface area contributed by atoms with Gasteiger partial charge in [0, 0.05) is 12.8 Å². The maximum absolute atomic E-state index is 10.1. The molecule has 7 heteroatoms. The number of carbonyl (C=O) groups is 2. The Morgan fingerprint density at radius 3 is 1.45 bits per heavy atom. The molecule has 0 spiro atoms. The third-order valence-electron chi connectivity index (χ3n) is 0.858. The van der Waals surface area contributed by atoms with Crippen LogP contribution in [0, 0.1) is 0 Å². The lowest BCUT2D eigenvalue weighted by Gasteiger charge is -1.79. The van der Waals surface area contributed by atoms with Gasteiger partial charge in [0.25, 0.3) is 0 Å². The summed E-state index contributed by atoms with van der Waals surface area (Å²) in [5.74, 6) is -0.296. The Morgan fingerprint density at radius 2 is 1.36 bits per heavy atom.